The Bertz CT molecular complexity index is 444. The van der Waals surface area contributed by atoms with E-state index in [4.69, 9.17) is 11.6 Å². The van der Waals surface area contributed by atoms with Crippen LogP contribution in [0, 0.1) is 11.8 Å². The molecule has 1 aliphatic heterocycles. The Morgan fingerprint density at radius 1 is 1.32 bits per heavy atom. The molecule has 0 bridgehead atoms. The second kappa shape index (κ2) is 6.42. The molecule has 1 heterocycles. The lowest BCUT2D eigenvalue weighted by Crippen LogP contribution is -2.25. The molecule has 1 aliphatic rings. The third-order valence-electron chi connectivity index (χ3n) is 4.17. The smallest absolute Gasteiger partial charge is 0.152 e. The van der Waals surface area contributed by atoms with Gasteiger partial charge >= 0.3 is 0 Å². The molecule has 2 rings (SSSR count). The minimum Gasteiger partial charge on any atom is -0.371 e. The first-order valence-electron chi connectivity index (χ1n) is 7.11. The van der Waals surface area contributed by atoms with Crippen LogP contribution >= 0.6 is 11.6 Å². The zero-order valence-corrected chi connectivity index (χ0v) is 12.5. The van der Waals surface area contributed by atoms with Crippen molar-refractivity contribution in [3.05, 3.63) is 28.8 Å². The molecular formula is C16H22ClNO. The lowest BCUT2D eigenvalue weighted by Gasteiger charge is -2.25. The number of hydrogen-bond donors (Lipinski definition) is 0. The summed E-state index contributed by atoms with van der Waals surface area (Å²) in [5, 5.41) is 0.626. The van der Waals surface area contributed by atoms with Crippen molar-refractivity contribution in [1.29, 1.82) is 0 Å². The van der Waals surface area contributed by atoms with Crippen molar-refractivity contribution in [3.63, 3.8) is 0 Å². The second-order valence-electron chi connectivity index (χ2n) is 5.74. The first-order chi connectivity index (χ1) is 9.11. The number of rotatable bonds is 3. The van der Waals surface area contributed by atoms with Gasteiger partial charge < -0.3 is 4.90 Å². The van der Waals surface area contributed by atoms with Gasteiger partial charge in [0.2, 0.25) is 0 Å². The molecule has 0 N–H and O–H groups in total. The third kappa shape index (κ3) is 3.50. The number of aldehydes is 1. The van der Waals surface area contributed by atoms with Crippen LogP contribution < -0.4 is 4.90 Å². The zero-order valence-electron chi connectivity index (χ0n) is 11.7. The predicted octanol–water partition coefficient (Wildman–Crippen LogP) is 4.42. The summed E-state index contributed by atoms with van der Waals surface area (Å²) in [5.74, 6) is 1.55. The summed E-state index contributed by atoms with van der Waals surface area (Å²) in [7, 11) is 0. The number of nitrogens with zero attached hydrogens (tertiary/aromatic N) is 1. The van der Waals surface area contributed by atoms with E-state index in [1.165, 1.54) is 19.3 Å². The number of carbonyl (C=O) groups excluding carboxylic acids is 1. The van der Waals surface area contributed by atoms with Gasteiger partial charge in [0.1, 0.15) is 0 Å². The van der Waals surface area contributed by atoms with E-state index < -0.39 is 0 Å². The largest absolute Gasteiger partial charge is 0.371 e. The Hall–Kier alpha value is -1.02. The molecule has 3 heteroatoms. The van der Waals surface area contributed by atoms with Crippen LogP contribution in [0.1, 0.15) is 43.5 Å². The van der Waals surface area contributed by atoms with E-state index in [0.29, 0.717) is 10.6 Å². The van der Waals surface area contributed by atoms with Crippen LogP contribution in [0.3, 0.4) is 0 Å². The summed E-state index contributed by atoms with van der Waals surface area (Å²) >= 11 is 5.95. The van der Waals surface area contributed by atoms with Crippen LogP contribution in [0.2, 0.25) is 5.02 Å². The minimum atomic E-state index is 0.626. The third-order valence-corrected chi connectivity index (χ3v) is 4.41. The summed E-state index contributed by atoms with van der Waals surface area (Å²) < 4.78 is 0. The fourth-order valence-electron chi connectivity index (χ4n) is 2.94. The quantitative estimate of drug-likeness (QED) is 0.764. The summed E-state index contributed by atoms with van der Waals surface area (Å²) in [6.07, 6.45) is 4.60. The van der Waals surface area contributed by atoms with Gasteiger partial charge in [0, 0.05) is 29.4 Å². The van der Waals surface area contributed by atoms with Crippen molar-refractivity contribution in [3.8, 4) is 0 Å². The predicted molar refractivity (Wildman–Crippen MR) is 81.2 cm³/mol. The molecule has 1 saturated heterocycles. The Kier molecular flexibility index (Phi) is 4.87. The van der Waals surface area contributed by atoms with Crippen LogP contribution in [0.15, 0.2) is 18.2 Å². The maximum atomic E-state index is 11.2. The summed E-state index contributed by atoms with van der Waals surface area (Å²) in [5.41, 5.74) is 1.74. The molecule has 1 aromatic carbocycles. The summed E-state index contributed by atoms with van der Waals surface area (Å²) in [4.78, 5) is 13.5. The Morgan fingerprint density at radius 2 is 2.11 bits per heavy atom. The lowest BCUT2D eigenvalue weighted by molar-refractivity contribution is 0.112. The molecule has 0 amide bonds. The maximum Gasteiger partial charge on any atom is 0.152 e. The molecule has 0 aromatic heterocycles. The van der Waals surface area contributed by atoms with Crippen molar-refractivity contribution in [1.82, 2.24) is 0 Å². The maximum absolute atomic E-state index is 11.2. The number of carbonyl (C=O) groups is 1. The van der Waals surface area contributed by atoms with E-state index in [2.05, 4.69) is 18.7 Å². The Morgan fingerprint density at radius 3 is 2.79 bits per heavy atom. The van der Waals surface area contributed by atoms with Crippen LogP contribution in [0.5, 0.6) is 0 Å². The molecule has 1 fully saturated rings. The van der Waals surface area contributed by atoms with Crippen molar-refractivity contribution < 1.29 is 4.79 Å². The number of hydrogen-bond acceptors (Lipinski definition) is 2. The molecular weight excluding hydrogens is 258 g/mol. The van der Waals surface area contributed by atoms with Gasteiger partial charge in [-0.15, -0.1) is 0 Å². The van der Waals surface area contributed by atoms with E-state index in [1.54, 1.807) is 6.07 Å². The van der Waals surface area contributed by atoms with E-state index in [0.717, 1.165) is 36.9 Å². The van der Waals surface area contributed by atoms with Gasteiger partial charge in [-0.2, -0.15) is 0 Å². The fraction of sp³-hybridized carbons (Fsp3) is 0.562. The Labute approximate surface area is 120 Å². The van der Waals surface area contributed by atoms with Crippen molar-refractivity contribution in [2.75, 3.05) is 18.0 Å². The molecule has 1 unspecified atom stereocenters. The van der Waals surface area contributed by atoms with Gasteiger partial charge in [0.25, 0.3) is 0 Å². The van der Waals surface area contributed by atoms with Gasteiger partial charge in [-0.25, -0.2) is 0 Å². The monoisotopic (exact) mass is 279 g/mol. The Balaban J connectivity index is 2.16. The minimum absolute atomic E-state index is 0.626. The SMILES string of the molecule is CC(C)C1CCCN(c2ccc(Cl)cc2C=O)CC1. The summed E-state index contributed by atoms with van der Waals surface area (Å²) in [6.45, 7) is 6.68. The average molecular weight is 280 g/mol. The van der Waals surface area contributed by atoms with Crippen molar-refractivity contribution in [2.24, 2.45) is 11.8 Å². The van der Waals surface area contributed by atoms with Crippen molar-refractivity contribution in [2.45, 2.75) is 33.1 Å². The highest BCUT2D eigenvalue weighted by molar-refractivity contribution is 6.31. The van der Waals surface area contributed by atoms with E-state index in [1.807, 2.05) is 12.1 Å². The van der Waals surface area contributed by atoms with E-state index in [-0.39, 0.29) is 0 Å². The molecule has 0 radical (unpaired) electrons. The lowest BCUT2D eigenvalue weighted by atomic mass is 9.89. The van der Waals surface area contributed by atoms with Crippen LogP contribution in [0.25, 0.3) is 0 Å². The first kappa shape index (κ1) is 14.4. The van der Waals surface area contributed by atoms with Gasteiger partial charge in [-0.1, -0.05) is 25.4 Å². The molecule has 0 spiro atoms. The number of halogens is 1. The standard InChI is InChI=1S/C16H22ClNO/c1-12(2)13-4-3-8-18(9-7-13)16-6-5-15(17)10-14(16)11-19/h5-6,10-13H,3-4,7-9H2,1-2H3. The molecule has 1 atom stereocenters. The van der Waals surface area contributed by atoms with Crippen LogP contribution in [-0.2, 0) is 0 Å². The van der Waals surface area contributed by atoms with Gasteiger partial charge in [0.05, 0.1) is 0 Å². The molecule has 19 heavy (non-hydrogen) atoms. The normalized spacial score (nSPS) is 20.4. The molecule has 0 aliphatic carbocycles. The zero-order chi connectivity index (χ0) is 13.8. The summed E-state index contributed by atoms with van der Waals surface area (Å²) in [6, 6.07) is 5.60. The van der Waals surface area contributed by atoms with Gasteiger partial charge in [0.15, 0.2) is 6.29 Å². The molecule has 0 saturated carbocycles. The van der Waals surface area contributed by atoms with E-state index in [9.17, 15) is 4.79 Å². The second-order valence-corrected chi connectivity index (χ2v) is 6.18. The van der Waals surface area contributed by atoms with Gasteiger partial charge in [-0.05, 0) is 49.3 Å². The van der Waals surface area contributed by atoms with Crippen LogP contribution in [0.4, 0.5) is 5.69 Å². The fourth-order valence-corrected chi connectivity index (χ4v) is 3.12. The topological polar surface area (TPSA) is 20.3 Å². The van der Waals surface area contributed by atoms with Crippen LogP contribution in [-0.4, -0.2) is 19.4 Å². The van der Waals surface area contributed by atoms with Crippen molar-refractivity contribution >= 4 is 23.6 Å². The highest BCUT2D eigenvalue weighted by Crippen LogP contribution is 2.29. The average Bonchev–Trinajstić information content (AvgIpc) is 2.64. The first-order valence-corrected chi connectivity index (χ1v) is 7.49. The van der Waals surface area contributed by atoms with E-state index >= 15 is 0 Å². The molecule has 104 valence electrons. The number of benzene rings is 1. The highest BCUT2D eigenvalue weighted by Gasteiger charge is 2.20. The molecule has 1 aromatic rings. The number of anilines is 1. The highest BCUT2D eigenvalue weighted by atomic mass is 35.5. The van der Waals surface area contributed by atoms with Gasteiger partial charge in [-0.3, -0.25) is 4.79 Å². The molecule has 2 nitrogen and oxygen atoms in total.